The lowest BCUT2D eigenvalue weighted by atomic mass is 9.94. The number of hydrogen-bond acceptors (Lipinski definition) is 3. The zero-order chi connectivity index (χ0) is 18.5. The lowest BCUT2D eigenvalue weighted by molar-refractivity contribution is -0.0461. The highest BCUT2D eigenvalue weighted by molar-refractivity contribution is 6.30. The Kier molecular flexibility index (Phi) is 3.87. The molecule has 2 heterocycles. The maximum Gasteiger partial charge on any atom is 0.190 e. The summed E-state index contributed by atoms with van der Waals surface area (Å²) in [6.07, 6.45) is 0.791. The van der Waals surface area contributed by atoms with E-state index < -0.39 is 0 Å². The molecule has 0 radical (unpaired) electrons. The van der Waals surface area contributed by atoms with Crippen LogP contribution < -0.4 is 4.74 Å². The first-order chi connectivity index (χ1) is 13.1. The minimum Gasteiger partial charge on any atom is -0.468 e. The van der Waals surface area contributed by atoms with Crippen LogP contribution in [0.5, 0.6) is 5.75 Å². The van der Waals surface area contributed by atoms with Crippen molar-refractivity contribution in [3.05, 3.63) is 76.8 Å². The molecule has 2 aliphatic rings. The summed E-state index contributed by atoms with van der Waals surface area (Å²) in [5, 5.41) is 10.4. The summed E-state index contributed by atoms with van der Waals surface area (Å²) in [7, 11) is 0. The first-order valence-corrected chi connectivity index (χ1v) is 9.79. The van der Waals surface area contributed by atoms with Gasteiger partial charge < -0.3 is 4.74 Å². The van der Waals surface area contributed by atoms with E-state index in [-0.39, 0.29) is 12.3 Å². The van der Waals surface area contributed by atoms with Crippen LogP contribution in [0, 0.1) is 5.92 Å². The number of nitrogens with zero attached hydrogens (tertiary/aromatic N) is 2. The summed E-state index contributed by atoms with van der Waals surface area (Å²) in [4.78, 5) is 0. The highest BCUT2D eigenvalue weighted by Crippen LogP contribution is 2.45. The van der Waals surface area contributed by atoms with Crippen LogP contribution in [-0.4, -0.2) is 16.9 Å². The van der Waals surface area contributed by atoms with E-state index in [4.69, 9.17) is 21.4 Å². The summed E-state index contributed by atoms with van der Waals surface area (Å²) in [6.45, 7) is 4.35. The molecule has 3 nitrogen and oxygen atoms in total. The number of hydrogen-bond donors (Lipinski definition) is 0. The van der Waals surface area contributed by atoms with Crippen molar-refractivity contribution in [2.75, 3.05) is 0 Å². The standard InChI is InChI=1S/C23H21ClN2O/c1-14(2)23-26-21(19-12-18(24)9-10-22(19)27-23)13-20(25-26)17-8-7-15-5-3-4-6-16(15)11-17/h3-12,14,21,23H,13H2,1-2H3/t21-,23-/m0/s1. The van der Waals surface area contributed by atoms with Gasteiger partial charge in [0.15, 0.2) is 6.23 Å². The Balaban J connectivity index is 1.58. The van der Waals surface area contributed by atoms with Crippen molar-refractivity contribution >= 4 is 28.1 Å². The molecule has 3 aromatic rings. The average molecular weight is 377 g/mol. The lowest BCUT2D eigenvalue weighted by Gasteiger charge is -2.40. The van der Waals surface area contributed by atoms with Crippen molar-refractivity contribution in [1.29, 1.82) is 0 Å². The first kappa shape index (κ1) is 16.6. The molecule has 27 heavy (non-hydrogen) atoms. The minimum atomic E-state index is -0.0679. The summed E-state index contributed by atoms with van der Waals surface area (Å²) >= 11 is 6.27. The second-order valence-corrected chi connectivity index (χ2v) is 8.08. The molecule has 0 fully saturated rings. The van der Waals surface area contributed by atoms with Crippen LogP contribution in [0.15, 0.2) is 65.8 Å². The molecule has 0 saturated heterocycles. The van der Waals surface area contributed by atoms with Gasteiger partial charge in [-0.2, -0.15) is 5.10 Å². The number of benzene rings is 3. The molecule has 4 heteroatoms. The molecule has 0 bridgehead atoms. The molecule has 0 aromatic heterocycles. The molecule has 0 aliphatic carbocycles. The van der Waals surface area contributed by atoms with E-state index in [0.29, 0.717) is 5.92 Å². The van der Waals surface area contributed by atoms with Gasteiger partial charge in [-0.15, -0.1) is 0 Å². The van der Waals surface area contributed by atoms with Gasteiger partial charge in [-0.1, -0.05) is 61.8 Å². The van der Waals surface area contributed by atoms with Crippen LogP contribution in [0.2, 0.25) is 5.02 Å². The SMILES string of the molecule is CC(C)[C@@H]1Oc2ccc(Cl)cc2[C@@H]2CC(c3ccc4ccccc4c3)=NN21. The Bertz CT molecular complexity index is 1060. The Morgan fingerprint density at radius 3 is 2.67 bits per heavy atom. The Labute approximate surface area is 164 Å². The van der Waals surface area contributed by atoms with Gasteiger partial charge in [0.2, 0.25) is 0 Å². The van der Waals surface area contributed by atoms with Gasteiger partial charge in [-0.3, -0.25) is 0 Å². The topological polar surface area (TPSA) is 24.8 Å². The van der Waals surface area contributed by atoms with Crippen molar-refractivity contribution < 1.29 is 4.74 Å². The van der Waals surface area contributed by atoms with Crippen LogP contribution in [-0.2, 0) is 0 Å². The van der Waals surface area contributed by atoms with Crippen LogP contribution in [0.25, 0.3) is 10.8 Å². The van der Waals surface area contributed by atoms with E-state index in [2.05, 4.69) is 61.3 Å². The van der Waals surface area contributed by atoms with Gasteiger partial charge in [0.1, 0.15) is 5.75 Å². The molecule has 2 atom stereocenters. The Morgan fingerprint density at radius 1 is 1.04 bits per heavy atom. The van der Waals surface area contributed by atoms with Crippen LogP contribution in [0.1, 0.15) is 37.4 Å². The van der Waals surface area contributed by atoms with Crippen molar-refractivity contribution in [3.63, 3.8) is 0 Å². The average Bonchev–Trinajstić information content (AvgIpc) is 3.12. The second-order valence-electron chi connectivity index (χ2n) is 7.64. The van der Waals surface area contributed by atoms with Gasteiger partial charge >= 0.3 is 0 Å². The molecule has 136 valence electrons. The van der Waals surface area contributed by atoms with E-state index in [1.807, 2.05) is 18.2 Å². The van der Waals surface area contributed by atoms with E-state index in [9.17, 15) is 0 Å². The van der Waals surface area contributed by atoms with Crippen molar-refractivity contribution in [2.45, 2.75) is 32.5 Å². The van der Waals surface area contributed by atoms with Gasteiger partial charge in [0, 0.05) is 22.9 Å². The molecule has 0 amide bonds. The number of fused-ring (bicyclic) bond motifs is 4. The first-order valence-electron chi connectivity index (χ1n) is 9.41. The maximum atomic E-state index is 6.28. The van der Waals surface area contributed by atoms with Crippen LogP contribution in [0.3, 0.4) is 0 Å². The number of ether oxygens (including phenoxy) is 1. The van der Waals surface area contributed by atoms with Crippen molar-refractivity contribution in [3.8, 4) is 5.75 Å². The molecule has 0 saturated carbocycles. The lowest BCUT2D eigenvalue weighted by Crippen LogP contribution is -2.43. The molecule has 0 N–H and O–H groups in total. The van der Waals surface area contributed by atoms with Gasteiger partial charge in [-0.25, -0.2) is 5.01 Å². The molecule has 0 unspecified atom stereocenters. The van der Waals surface area contributed by atoms with Gasteiger partial charge in [0.25, 0.3) is 0 Å². The largest absolute Gasteiger partial charge is 0.468 e. The molecular formula is C23H21ClN2O. The van der Waals surface area contributed by atoms with E-state index in [1.165, 1.54) is 16.3 Å². The number of halogens is 1. The quantitative estimate of drug-likeness (QED) is 0.546. The molecule has 5 rings (SSSR count). The van der Waals surface area contributed by atoms with Crippen LogP contribution >= 0.6 is 11.6 Å². The summed E-state index contributed by atoms with van der Waals surface area (Å²) in [6, 6.07) is 21.1. The highest BCUT2D eigenvalue weighted by atomic mass is 35.5. The Morgan fingerprint density at radius 2 is 1.85 bits per heavy atom. The monoisotopic (exact) mass is 376 g/mol. The molecule has 0 spiro atoms. The van der Waals surface area contributed by atoms with Crippen molar-refractivity contribution in [2.24, 2.45) is 11.0 Å². The molecular weight excluding hydrogens is 356 g/mol. The zero-order valence-corrected chi connectivity index (χ0v) is 16.1. The van der Waals surface area contributed by atoms with Crippen LogP contribution in [0.4, 0.5) is 0 Å². The third-order valence-corrected chi connectivity index (χ3v) is 5.67. The maximum absolute atomic E-state index is 6.28. The Hall–Kier alpha value is -2.52. The van der Waals surface area contributed by atoms with E-state index in [0.717, 1.165) is 28.5 Å². The highest BCUT2D eigenvalue weighted by Gasteiger charge is 2.41. The smallest absolute Gasteiger partial charge is 0.190 e. The normalized spacial score (nSPS) is 21.0. The van der Waals surface area contributed by atoms with Gasteiger partial charge in [0.05, 0.1) is 11.8 Å². The van der Waals surface area contributed by atoms with E-state index in [1.54, 1.807) is 0 Å². The summed E-state index contributed by atoms with van der Waals surface area (Å²) in [5.74, 6) is 1.25. The minimum absolute atomic E-state index is 0.0679. The van der Waals surface area contributed by atoms with Gasteiger partial charge in [-0.05, 0) is 40.6 Å². The van der Waals surface area contributed by atoms with Crippen molar-refractivity contribution in [1.82, 2.24) is 5.01 Å². The zero-order valence-electron chi connectivity index (χ0n) is 15.4. The van der Waals surface area contributed by atoms with E-state index >= 15 is 0 Å². The third kappa shape index (κ3) is 2.78. The molecule has 3 aromatic carbocycles. The second kappa shape index (κ2) is 6.28. The fraction of sp³-hybridized carbons (Fsp3) is 0.261. The fourth-order valence-electron chi connectivity index (χ4n) is 4.07. The number of hydrazone groups is 1. The third-order valence-electron chi connectivity index (χ3n) is 5.43. The summed E-state index contributed by atoms with van der Waals surface area (Å²) in [5.41, 5.74) is 3.40. The predicted molar refractivity (Wildman–Crippen MR) is 110 cm³/mol. The summed E-state index contributed by atoms with van der Waals surface area (Å²) < 4.78 is 6.28. The number of rotatable bonds is 2. The molecule has 2 aliphatic heterocycles. The predicted octanol–water partition coefficient (Wildman–Crippen LogP) is 6.02. The fourth-order valence-corrected chi connectivity index (χ4v) is 4.25.